The van der Waals surface area contributed by atoms with Gasteiger partial charge in [-0.05, 0) is 30.2 Å². The number of hydrogen-bond donors (Lipinski definition) is 3. The van der Waals surface area contributed by atoms with E-state index in [1.165, 1.54) is 7.11 Å². The summed E-state index contributed by atoms with van der Waals surface area (Å²) in [6, 6.07) is 8.89. The molecule has 0 unspecified atom stereocenters. The minimum atomic E-state index is -0.992. The molecule has 0 saturated carbocycles. The average Bonchev–Trinajstić information content (AvgIpc) is 2.46. The fourth-order valence-electron chi connectivity index (χ4n) is 1.54. The van der Waals surface area contributed by atoms with E-state index < -0.39 is 5.97 Å². The van der Waals surface area contributed by atoms with Crippen molar-refractivity contribution in [3.05, 3.63) is 65.6 Å². The Kier molecular flexibility index (Phi) is 6.22. The van der Waals surface area contributed by atoms with E-state index >= 15 is 0 Å². The van der Waals surface area contributed by atoms with Crippen LogP contribution < -0.4 is 5.48 Å². The number of hydroxylamine groups is 1. The molecule has 1 aromatic rings. The van der Waals surface area contributed by atoms with E-state index in [2.05, 4.69) is 0 Å². The van der Waals surface area contributed by atoms with Gasteiger partial charge < -0.3 is 9.84 Å². The molecule has 0 radical (unpaired) electrons. The summed E-state index contributed by atoms with van der Waals surface area (Å²) < 4.78 is 4.86. The second-order valence-corrected chi connectivity index (χ2v) is 4.04. The first-order valence-electron chi connectivity index (χ1n) is 5.99. The van der Waals surface area contributed by atoms with Crippen LogP contribution in [0.2, 0.25) is 0 Å². The Morgan fingerprint density at radius 3 is 2.40 bits per heavy atom. The average molecular weight is 276 g/mol. The Hall–Kier alpha value is -2.37. The van der Waals surface area contributed by atoms with Gasteiger partial charge in [0.2, 0.25) is 0 Å². The van der Waals surface area contributed by atoms with E-state index in [-0.39, 0.29) is 11.5 Å². The number of ether oxygens (including phenoxy) is 1. The zero-order chi connectivity index (χ0) is 15.0. The molecule has 1 aromatic carbocycles. The largest absolute Gasteiger partial charge is 0.478 e. The van der Waals surface area contributed by atoms with Crippen LogP contribution in [0.4, 0.5) is 0 Å². The van der Waals surface area contributed by atoms with Gasteiger partial charge in [-0.1, -0.05) is 30.3 Å². The van der Waals surface area contributed by atoms with Gasteiger partial charge in [0.25, 0.3) is 0 Å². The lowest BCUT2D eigenvalue weighted by Crippen LogP contribution is -2.78. The van der Waals surface area contributed by atoms with Crippen molar-refractivity contribution in [1.29, 1.82) is 0 Å². The molecule has 0 aliphatic heterocycles. The molecule has 0 aliphatic carbocycles. The van der Waals surface area contributed by atoms with Crippen molar-refractivity contribution >= 4 is 11.5 Å². The molecule has 1 rings (SSSR count). The quantitative estimate of drug-likeness (QED) is 0.318. The number of carbonyl (C=O) groups is 1. The molecule has 0 aromatic heterocycles. The zero-order valence-electron chi connectivity index (χ0n) is 11.4. The van der Waals surface area contributed by atoms with Crippen LogP contribution in [-0.2, 0) is 9.53 Å². The van der Waals surface area contributed by atoms with Crippen LogP contribution in [0.3, 0.4) is 0 Å². The Morgan fingerprint density at radius 2 is 1.90 bits per heavy atom. The van der Waals surface area contributed by atoms with E-state index in [1.54, 1.807) is 49.4 Å². The summed E-state index contributed by atoms with van der Waals surface area (Å²) in [5, 5.41) is 18.1. The summed E-state index contributed by atoms with van der Waals surface area (Å²) in [5.74, 6) is -0.706. The monoisotopic (exact) mass is 276 g/mol. The molecule has 4 N–H and O–H groups in total. The number of nitrogens with two attached hydrogens (primary N) is 1. The van der Waals surface area contributed by atoms with Gasteiger partial charge in [0.1, 0.15) is 0 Å². The molecule has 0 aliphatic rings. The van der Waals surface area contributed by atoms with Crippen LogP contribution in [0.5, 0.6) is 0 Å². The maximum Gasteiger partial charge on any atom is 0.336 e. The first-order valence-corrected chi connectivity index (χ1v) is 5.99. The van der Waals surface area contributed by atoms with Crippen molar-refractivity contribution in [1.82, 2.24) is 0 Å². The minimum absolute atomic E-state index is 0.208. The van der Waals surface area contributed by atoms with E-state index in [0.29, 0.717) is 5.56 Å². The molecule has 5 nitrogen and oxygen atoms in total. The van der Waals surface area contributed by atoms with Crippen molar-refractivity contribution in [2.75, 3.05) is 7.11 Å². The van der Waals surface area contributed by atoms with Gasteiger partial charge >= 0.3 is 11.9 Å². The van der Waals surface area contributed by atoms with E-state index in [1.807, 2.05) is 6.07 Å². The van der Waals surface area contributed by atoms with Crippen LogP contribution in [0, 0.1) is 0 Å². The predicted octanol–water partition coefficient (Wildman–Crippen LogP) is 1.54. The van der Waals surface area contributed by atoms with Crippen LogP contribution in [0.1, 0.15) is 12.5 Å². The van der Waals surface area contributed by atoms with Crippen LogP contribution in [0.25, 0.3) is 5.57 Å². The van der Waals surface area contributed by atoms with Crippen LogP contribution >= 0.6 is 0 Å². The van der Waals surface area contributed by atoms with Crippen molar-refractivity contribution in [3.8, 4) is 0 Å². The standard InChI is InChI=1S/C15H17NO4/c1-11(8-9-14(16-19)20-2)10-13(15(17)18)12-6-4-3-5-7-12/h3-10,16,19H,1-2H3,(H,17,18)/p+1/b11-8+,13-10+,14-9+. The highest BCUT2D eigenvalue weighted by Gasteiger charge is 2.09. The van der Waals surface area contributed by atoms with Gasteiger partial charge in [-0.25, -0.2) is 10.0 Å². The molecule has 0 saturated heterocycles. The number of methoxy groups -OCH3 is 1. The predicted molar refractivity (Wildman–Crippen MR) is 74.6 cm³/mol. The van der Waals surface area contributed by atoms with Crippen molar-refractivity contribution in [2.24, 2.45) is 0 Å². The van der Waals surface area contributed by atoms with Crippen molar-refractivity contribution < 1.29 is 25.3 Å². The summed E-state index contributed by atoms with van der Waals surface area (Å²) in [4.78, 5) is 11.3. The molecule has 106 valence electrons. The SMILES string of the molecule is CO/C(=C/C=C(C)/C=C(/C(=O)O)c1ccccc1)[NH2+]O. The fourth-order valence-corrected chi connectivity index (χ4v) is 1.54. The van der Waals surface area contributed by atoms with Gasteiger partial charge in [0, 0.05) is 6.08 Å². The number of benzene rings is 1. The minimum Gasteiger partial charge on any atom is -0.478 e. The first-order chi connectivity index (χ1) is 9.58. The smallest absolute Gasteiger partial charge is 0.336 e. The summed E-state index contributed by atoms with van der Waals surface area (Å²) in [6.45, 7) is 1.77. The molecule has 5 heteroatoms. The van der Waals surface area contributed by atoms with Gasteiger partial charge in [0.15, 0.2) is 0 Å². The second kappa shape index (κ2) is 7.93. The van der Waals surface area contributed by atoms with Crippen molar-refractivity contribution in [3.63, 3.8) is 0 Å². The molecule has 0 bridgehead atoms. The van der Waals surface area contributed by atoms with E-state index in [0.717, 1.165) is 11.1 Å². The molecule has 0 fully saturated rings. The Morgan fingerprint density at radius 1 is 1.25 bits per heavy atom. The number of rotatable bonds is 6. The van der Waals surface area contributed by atoms with Crippen LogP contribution in [0.15, 0.2) is 60.0 Å². The molecular weight excluding hydrogens is 258 g/mol. The highest BCUT2D eigenvalue weighted by molar-refractivity contribution is 6.15. The fraction of sp³-hybridized carbons (Fsp3) is 0.133. The molecule has 0 spiro atoms. The number of hydrogen-bond acceptors (Lipinski definition) is 3. The maximum atomic E-state index is 11.3. The van der Waals surface area contributed by atoms with Gasteiger partial charge in [-0.2, -0.15) is 0 Å². The summed E-state index contributed by atoms with van der Waals surface area (Å²) in [6.07, 6.45) is 4.78. The zero-order valence-corrected chi connectivity index (χ0v) is 11.4. The number of carboxylic acids is 1. The molecule has 20 heavy (non-hydrogen) atoms. The summed E-state index contributed by atoms with van der Waals surface area (Å²) >= 11 is 0. The van der Waals surface area contributed by atoms with Crippen molar-refractivity contribution in [2.45, 2.75) is 6.92 Å². The van der Waals surface area contributed by atoms with Gasteiger partial charge in [-0.3, -0.25) is 0 Å². The summed E-state index contributed by atoms with van der Waals surface area (Å²) in [5.41, 5.74) is 2.41. The maximum absolute atomic E-state index is 11.3. The highest BCUT2D eigenvalue weighted by atomic mass is 16.6. The topological polar surface area (TPSA) is 83.4 Å². The third-order valence-electron chi connectivity index (χ3n) is 2.56. The number of aliphatic carboxylic acids is 1. The lowest BCUT2D eigenvalue weighted by Gasteiger charge is -2.02. The Labute approximate surface area is 117 Å². The summed E-state index contributed by atoms with van der Waals surface area (Å²) in [7, 11) is 1.43. The second-order valence-electron chi connectivity index (χ2n) is 4.04. The number of carboxylic acid groups (broad SMARTS) is 1. The normalized spacial score (nSPS) is 13.2. The van der Waals surface area contributed by atoms with E-state index in [4.69, 9.17) is 9.94 Å². The first kappa shape index (κ1) is 15.7. The lowest BCUT2D eigenvalue weighted by atomic mass is 10.0. The number of allylic oxidation sites excluding steroid dienone is 4. The van der Waals surface area contributed by atoms with Gasteiger partial charge in [0.05, 0.1) is 12.7 Å². The third kappa shape index (κ3) is 4.72. The Balaban J connectivity index is 3.07. The molecule has 0 atom stereocenters. The highest BCUT2D eigenvalue weighted by Crippen LogP contribution is 2.16. The molecule has 0 amide bonds. The lowest BCUT2D eigenvalue weighted by molar-refractivity contribution is -0.865. The molecule has 0 heterocycles. The molecular formula is C15H18NO4+. The third-order valence-corrected chi connectivity index (χ3v) is 2.56. The Bertz CT molecular complexity index is 538. The van der Waals surface area contributed by atoms with E-state index in [9.17, 15) is 9.90 Å². The van der Waals surface area contributed by atoms with Gasteiger partial charge in [-0.15, -0.1) is 5.48 Å². The number of quaternary nitrogens is 1. The van der Waals surface area contributed by atoms with Crippen LogP contribution in [-0.4, -0.2) is 23.4 Å².